The molecule has 1 N–H and O–H groups in total. The molecule has 1 aliphatic heterocycles. The molecule has 158 valence electrons. The summed E-state index contributed by atoms with van der Waals surface area (Å²) in [4.78, 5) is 27.6. The molecule has 7 heteroatoms. The molecule has 1 aromatic heterocycles. The van der Waals surface area contributed by atoms with Gasteiger partial charge in [0.25, 0.3) is 0 Å². The van der Waals surface area contributed by atoms with Gasteiger partial charge in [0, 0.05) is 36.9 Å². The molecule has 1 unspecified atom stereocenters. The van der Waals surface area contributed by atoms with Gasteiger partial charge in [-0.1, -0.05) is 29.8 Å². The number of benzene rings is 2. The van der Waals surface area contributed by atoms with Crippen LogP contribution in [0.1, 0.15) is 18.9 Å². The molecule has 4 rings (SSSR count). The van der Waals surface area contributed by atoms with Gasteiger partial charge in [0.2, 0.25) is 5.91 Å². The summed E-state index contributed by atoms with van der Waals surface area (Å²) in [5.41, 5.74) is 3.88. The average Bonchev–Trinajstić information content (AvgIpc) is 3.31. The third-order valence-electron chi connectivity index (χ3n) is 5.93. The Hall–Kier alpha value is -2.73. The van der Waals surface area contributed by atoms with Crippen molar-refractivity contribution in [3.05, 3.63) is 63.5 Å². The first-order valence-electron chi connectivity index (χ1n) is 10.4. The summed E-state index contributed by atoms with van der Waals surface area (Å²) < 4.78 is 3.26. The molecule has 6 nitrogen and oxygen atoms in total. The molecule has 0 radical (unpaired) electrons. The van der Waals surface area contributed by atoms with Gasteiger partial charge in [-0.3, -0.25) is 13.9 Å². The predicted molar refractivity (Wildman–Crippen MR) is 121 cm³/mol. The van der Waals surface area contributed by atoms with Gasteiger partial charge in [0.1, 0.15) is 6.54 Å². The van der Waals surface area contributed by atoms with Crippen LogP contribution in [-0.2, 0) is 17.9 Å². The highest BCUT2D eigenvalue weighted by atomic mass is 35.5. The normalized spacial score (nSPS) is 16.4. The maximum absolute atomic E-state index is 12.7. The molecular weight excluding hydrogens is 400 g/mol. The van der Waals surface area contributed by atoms with Crippen LogP contribution in [0.2, 0.25) is 5.02 Å². The first-order valence-corrected chi connectivity index (χ1v) is 10.8. The number of aryl methyl sites for hydroxylation is 2. The highest BCUT2D eigenvalue weighted by Gasteiger charge is 2.24. The molecule has 30 heavy (non-hydrogen) atoms. The minimum Gasteiger partial charge on any atom is -0.371 e. The third kappa shape index (κ3) is 3.97. The Morgan fingerprint density at radius 2 is 1.90 bits per heavy atom. The molecule has 0 bridgehead atoms. The first-order chi connectivity index (χ1) is 14.5. The number of fused-ring (bicyclic) bond motifs is 1. The van der Waals surface area contributed by atoms with E-state index in [-0.39, 0.29) is 18.1 Å². The van der Waals surface area contributed by atoms with E-state index in [4.69, 9.17) is 11.6 Å². The molecular formula is C23H27ClN4O2. The van der Waals surface area contributed by atoms with E-state index in [1.165, 1.54) is 5.56 Å². The molecule has 1 saturated heterocycles. The van der Waals surface area contributed by atoms with E-state index in [1.807, 2.05) is 49.4 Å². The van der Waals surface area contributed by atoms with E-state index in [1.54, 1.807) is 9.13 Å². The van der Waals surface area contributed by atoms with Gasteiger partial charge in [-0.25, -0.2) is 4.79 Å². The summed E-state index contributed by atoms with van der Waals surface area (Å²) in [7, 11) is 0. The number of rotatable bonds is 6. The lowest BCUT2D eigenvalue weighted by molar-refractivity contribution is -0.121. The number of hydrogen-bond donors (Lipinski definition) is 1. The number of halogens is 1. The minimum atomic E-state index is -0.141. The summed E-state index contributed by atoms with van der Waals surface area (Å²) in [6.45, 7) is 7.08. The van der Waals surface area contributed by atoms with Crippen molar-refractivity contribution < 1.29 is 4.79 Å². The predicted octanol–water partition coefficient (Wildman–Crippen LogP) is 3.43. The zero-order chi connectivity index (χ0) is 21.3. The molecule has 0 aliphatic carbocycles. The molecule has 1 fully saturated rings. The topological polar surface area (TPSA) is 59.3 Å². The number of aromatic nitrogens is 2. The maximum atomic E-state index is 12.7. The number of nitrogens with zero attached hydrogens (tertiary/aromatic N) is 3. The van der Waals surface area contributed by atoms with Crippen molar-refractivity contribution in [2.24, 2.45) is 5.92 Å². The molecule has 3 aromatic rings. The first kappa shape index (κ1) is 20.5. The number of carbonyl (C=O) groups is 1. The SMILES string of the molecule is CCn1c(=O)n(CC(=O)NCC2CCN(c3cc(Cl)ccc3C)C2)c2ccccc21. The van der Waals surface area contributed by atoms with E-state index in [0.29, 0.717) is 19.0 Å². The van der Waals surface area contributed by atoms with E-state index >= 15 is 0 Å². The van der Waals surface area contributed by atoms with Crippen molar-refractivity contribution >= 4 is 34.2 Å². The van der Waals surface area contributed by atoms with Crippen molar-refractivity contribution in [2.75, 3.05) is 24.5 Å². The van der Waals surface area contributed by atoms with Crippen LogP contribution in [0.5, 0.6) is 0 Å². The second-order valence-corrected chi connectivity index (χ2v) is 8.37. The molecule has 1 atom stereocenters. The van der Waals surface area contributed by atoms with Gasteiger partial charge in [0.05, 0.1) is 11.0 Å². The number of hydrogen-bond acceptors (Lipinski definition) is 3. The van der Waals surface area contributed by atoms with Crippen LogP contribution in [0.4, 0.5) is 5.69 Å². The summed E-state index contributed by atoms with van der Waals surface area (Å²) in [6, 6.07) is 13.6. The van der Waals surface area contributed by atoms with Crippen molar-refractivity contribution in [3.8, 4) is 0 Å². The van der Waals surface area contributed by atoms with Crippen LogP contribution < -0.4 is 15.9 Å². The number of nitrogens with one attached hydrogen (secondary N) is 1. The highest BCUT2D eigenvalue weighted by molar-refractivity contribution is 6.30. The number of imidazole rings is 1. The maximum Gasteiger partial charge on any atom is 0.329 e. The lowest BCUT2D eigenvalue weighted by Gasteiger charge is -2.21. The zero-order valence-electron chi connectivity index (χ0n) is 17.4. The summed E-state index contributed by atoms with van der Waals surface area (Å²) in [5, 5.41) is 3.77. The van der Waals surface area contributed by atoms with Crippen LogP contribution in [0.25, 0.3) is 11.0 Å². The van der Waals surface area contributed by atoms with E-state index in [2.05, 4.69) is 17.1 Å². The minimum absolute atomic E-state index is 0.0379. The lowest BCUT2D eigenvalue weighted by atomic mass is 10.1. The van der Waals surface area contributed by atoms with Gasteiger partial charge < -0.3 is 10.2 Å². The van der Waals surface area contributed by atoms with Crippen LogP contribution in [0.3, 0.4) is 0 Å². The van der Waals surface area contributed by atoms with Crippen molar-refractivity contribution in [1.82, 2.24) is 14.5 Å². The van der Waals surface area contributed by atoms with Crippen molar-refractivity contribution in [1.29, 1.82) is 0 Å². The highest BCUT2D eigenvalue weighted by Crippen LogP contribution is 2.29. The molecule has 0 spiro atoms. The van der Waals surface area contributed by atoms with Crippen LogP contribution in [0, 0.1) is 12.8 Å². The smallest absolute Gasteiger partial charge is 0.329 e. The Balaban J connectivity index is 1.38. The van der Waals surface area contributed by atoms with Gasteiger partial charge in [-0.2, -0.15) is 0 Å². The average molecular weight is 427 g/mol. The zero-order valence-corrected chi connectivity index (χ0v) is 18.2. The van der Waals surface area contributed by atoms with E-state index in [0.717, 1.165) is 41.3 Å². The summed E-state index contributed by atoms with van der Waals surface area (Å²) in [5.74, 6) is 0.245. The quantitative estimate of drug-likeness (QED) is 0.657. The second-order valence-electron chi connectivity index (χ2n) is 7.94. The number of carbonyl (C=O) groups excluding carboxylic acids is 1. The number of para-hydroxylation sites is 2. The van der Waals surface area contributed by atoms with Gasteiger partial charge in [-0.05, 0) is 56.0 Å². The monoisotopic (exact) mass is 426 g/mol. The Labute approximate surface area is 181 Å². The van der Waals surface area contributed by atoms with Crippen LogP contribution in [0.15, 0.2) is 47.3 Å². The lowest BCUT2D eigenvalue weighted by Crippen LogP contribution is -2.36. The Morgan fingerprint density at radius 3 is 2.63 bits per heavy atom. The fourth-order valence-electron chi connectivity index (χ4n) is 4.33. The molecule has 0 saturated carbocycles. The Kier molecular flexibility index (Phi) is 5.86. The second kappa shape index (κ2) is 8.56. The van der Waals surface area contributed by atoms with Gasteiger partial charge in [0.15, 0.2) is 0 Å². The van der Waals surface area contributed by atoms with Gasteiger partial charge in [-0.15, -0.1) is 0 Å². The van der Waals surface area contributed by atoms with E-state index in [9.17, 15) is 9.59 Å². The number of amides is 1. The van der Waals surface area contributed by atoms with Crippen LogP contribution >= 0.6 is 11.6 Å². The molecule has 2 aromatic carbocycles. The fourth-order valence-corrected chi connectivity index (χ4v) is 4.50. The Morgan fingerprint density at radius 1 is 1.17 bits per heavy atom. The third-order valence-corrected chi connectivity index (χ3v) is 6.16. The van der Waals surface area contributed by atoms with Gasteiger partial charge >= 0.3 is 5.69 Å². The standard InChI is InChI=1S/C23H27ClN4O2/c1-3-27-19-6-4-5-7-20(19)28(23(27)30)15-22(29)25-13-17-10-11-26(14-17)21-12-18(24)9-8-16(21)2/h4-9,12,17H,3,10-11,13-15H2,1-2H3,(H,25,29). The largest absolute Gasteiger partial charge is 0.371 e. The Bertz CT molecular complexity index is 1130. The molecule has 2 heterocycles. The number of anilines is 1. The van der Waals surface area contributed by atoms with Crippen molar-refractivity contribution in [3.63, 3.8) is 0 Å². The summed E-state index contributed by atoms with van der Waals surface area (Å²) in [6.07, 6.45) is 1.02. The fraction of sp³-hybridized carbons (Fsp3) is 0.391. The summed E-state index contributed by atoms with van der Waals surface area (Å²) >= 11 is 6.16. The molecule has 1 amide bonds. The molecule has 1 aliphatic rings. The van der Waals surface area contributed by atoms with Crippen LogP contribution in [-0.4, -0.2) is 34.7 Å². The van der Waals surface area contributed by atoms with E-state index < -0.39 is 0 Å². The van der Waals surface area contributed by atoms with Crippen molar-refractivity contribution in [2.45, 2.75) is 33.4 Å².